The van der Waals surface area contributed by atoms with E-state index in [1.54, 1.807) is 6.26 Å². The van der Waals surface area contributed by atoms with E-state index in [0.717, 1.165) is 45.7 Å². The molecule has 40 heavy (non-hydrogen) atoms. The van der Waals surface area contributed by atoms with Gasteiger partial charge in [0.1, 0.15) is 24.3 Å². The third-order valence-corrected chi connectivity index (χ3v) is 7.64. The zero-order valence-electron chi connectivity index (χ0n) is 23.4. The first-order valence-corrected chi connectivity index (χ1v) is 15.5. The summed E-state index contributed by atoms with van der Waals surface area (Å²) in [5, 5.41) is 12.9. The molecule has 7 nitrogen and oxygen atoms in total. The lowest BCUT2D eigenvalue weighted by molar-refractivity contribution is 0.231. The van der Waals surface area contributed by atoms with Crippen molar-refractivity contribution >= 4 is 23.4 Å². The number of aryl methyl sites for hydroxylation is 2. The molecule has 3 aromatic carbocycles. The Morgan fingerprint density at radius 1 is 1.07 bits per heavy atom. The smallest absolute Gasteiger partial charge is 0.124 e. The number of rotatable bonds is 15. The monoisotopic (exact) mass is 583 g/mol. The van der Waals surface area contributed by atoms with Gasteiger partial charge in [0.15, 0.2) is 0 Å². The first-order chi connectivity index (χ1) is 19.2. The molecule has 0 aliphatic rings. The van der Waals surface area contributed by atoms with Crippen molar-refractivity contribution < 1.29 is 18.8 Å². The molecule has 3 unspecified atom stereocenters. The highest BCUT2D eigenvalue weighted by molar-refractivity contribution is 7.84. The summed E-state index contributed by atoms with van der Waals surface area (Å²) >= 11 is 4.28. The van der Waals surface area contributed by atoms with Crippen molar-refractivity contribution in [1.29, 1.82) is 0 Å². The predicted molar refractivity (Wildman–Crippen MR) is 168 cm³/mol. The molecule has 6 N–H and O–H groups in total. The number of hydrogen-bond donors (Lipinski definition) is 5. The fourth-order valence-electron chi connectivity index (χ4n) is 4.52. The summed E-state index contributed by atoms with van der Waals surface area (Å²) in [6.45, 7) is 6.23. The molecule has 0 saturated carbocycles. The summed E-state index contributed by atoms with van der Waals surface area (Å²) in [5.74, 6) is 2.34. The summed E-state index contributed by atoms with van der Waals surface area (Å²) < 4.78 is 23.3. The second kappa shape index (κ2) is 15.8. The van der Waals surface area contributed by atoms with E-state index in [2.05, 4.69) is 68.2 Å². The van der Waals surface area contributed by atoms with Crippen molar-refractivity contribution in [3.63, 3.8) is 0 Å². The van der Waals surface area contributed by atoms with Crippen LogP contribution >= 0.6 is 12.6 Å². The molecule has 0 spiro atoms. The quantitative estimate of drug-likeness (QED) is 0.102. The number of benzene rings is 3. The third kappa shape index (κ3) is 9.98. The number of nitrogens with two attached hydrogens (primary N) is 2. The average molecular weight is 584 g/mol. The number of nitrogens with one attached hydrogen (secondary N) is 1. The summed E-state index contributed by atoms with van der Waals surface area (Å²) in [6.07, 6.45) is 2.86. The minimum atomic E-state index is -1.06. The van der Waals surface area contributed by atoms with E-state index in [0.29, 0.717) is 37.1 Å². The van der Waals surface area contributed by atoms with Gasteiger partial charge in [-0.3, -0.25) is 4.21 Å². The van der Waals surface area contributed by atoms with E-state index in [-0.39, 0.29) is 5.92 Å². The van der Waals surface area contributed by atoms with Crippen LogP contribution in [0.1, 0.15) is 34.6 Å². The van der Waals surface area contributed by atoms with Crippen molar-refractivity contribution in [3.05, 3.63) is 94.0 Å². The lowest BCUT2D eigenvalue weighted by Crippen LogP contribution is -2.26. The maximum absolute atomic E-state index is 11.3. The third-order valence-electron chi connectivity index (χ3n) is 6.47. The molecular weight excluding hydrogens is 542 g/mol. The molecule has 0 bridgehead atoms. The van der Waals surface area contributed by atoms with Crippen LogP contribution in [0, 0.1) is 13.8 Å². The summed E-state index contributed by atoms with van der Waals surface area (Å²) in [4.78, 5) is 0. The van der Waals surface area contributed by atoms with Crippen LogP contribution in [0.5, 0.6) is 11.5 Å². The topological polar surface area (TPSA) is 120 Å². The lowest BCUT2D eigenvalue weighted by atomic mass is 9.94. The van der Waals surface area contributed by atoms with Crippen LogP contribution in [0.3, 0.4) is 0 Å². The van der Waals surface area contributed by atoms with E-state index in [1.807, 2.05) is 24.3 Å². The van der Waals surface area contributed by atoms with Crippen LogP contribution in [0.2, 0.25) is 0 Å². The second-order valence-corrected chi connectivity index (χ2v) is 11.9. The number of thiol groups is 1. The van der Waals surface area contributed by atoms with Gasteiger partial charge in [0.2, 0.25) is 0 Å². The molecule has 0 saturated heterocycles. The van der Waals surface area contributed by atoms with Gasteiger partial charge in [0.05, 0.1) is 11.6 Å². The number of aliphatic hydroxyl groups excluding tert-OH is 1. The van der Waals surface area contributed by atoms with Gasteiger partial charge in [0, 0.05) is 41.8 Å². The summed E-state index contributed by atoms with van der Waals surface area (Å²) in [5.41, 5.74) is 18.1. The molecule has 0 aliphatic carbocycles. The van der Waals surface area contributed by atoms with Crippen LogP contribution in [0.15, 0.2) is 71.8 Å². The molecule has 9 heteroatoms. The van der Waals surface area contributed by atoms with Gasteiger partial charge in [-0.2, -0.15) is 0 Å². The summed E-state index contributed by atoms with van der Waals surface area (Å²) in [6, 6.07) is 20.5. The Hall–Kier alpha value is -2.82. The van der Waals surface area contributed by atoms with Gasteiger partial charge in [-0.15, -0.1) is 12.6 Å². The fourth-order valence-corrected chi connectivity index (χ4v) is 5.29. The normalized spacial score (nSPS) is 13.9. The van der Waals surface area contributed by atoms with Crippen LogP contribution in [0.4, 0.5) is 0 Å². The van der Waals surface area contributed by atoms with Crippen molar-refractivity contribution in [2.45, 2.75) is 39.0 Å². The van der Waals surface area contributed by atoms with Crippen LogP contribution in [0.25, 0.3) is 11.1 Å². The van der Waals surface area contributed by atoms with Crippen molar-refractivity contribution in [1.82, 2.24) is 5.32 Å². The largest absolute Gasteiger partial charge is 0.494 e. The van der Waals surface area contributed by atoms with Crippen molar-refractivity contribution in [2.24, 2.45) is 11.5 Å². The Bertz CT molecular complexity index is 1270. The Kier molecular flexibility index (Phi) is 12.5. The molecule has 0 heterocycles. The van der Waals surface area contributed by atoms with Gasteiger partial charge in [-0.1, -0.05) is 30.3 Å². The fraction of sp³-hybridized carbons (Fsp3) is 0.355. The number of hydrogen-bond acceptors (Lipinski definition) is 8. The minimum Gasteiger partial charge on any atom is -0.494 e. The van der Waals surface area contributed by atoms with Gasteiger partial charge in [-0.25, -0.2) is 0 Å². The highest BCUT2D eigenvalue weighted by atomic mass is 32.2. The summed E-state index contributed by atoms with van der Waals surface area (Å²) in [7, 11) is -0.796. The first-order valence-electron chi connectivity index (χ1n) is 13.3. The molecule has 0 amide bonds. The van der Waals surface area contributed by atoms with Crippen molar-refractivity contribution in [2.75, 3.05) is 31.7 Å². The lowest BCUT2D eigenvalue weighted by Gasteiger charge is -2.18. The Balaban J connectivity index is 1.61. The standard InChI is InChI=1S/C31H41N3O4S2/c1-21-14-28(37-12-5-13-40(3)36)15-22(2)31(21)25-7-4-6-23(16-25)20-38-27-10-8-24(9-11-27)26(18-32)19-34-30(39)17-29(33)35/h4,6-11,14-17,26,29,34-35,39H,5,12-13,18-20,32-33H2,1-3H3/b30-17-. The number of aliphatic hydroxyl groups is 1. The molecule has 3 atom stereocenters. The van der Waals surface area contributed by atoms with Crippen LogP contribution < -0.4 is 26.3 Å². The van der Waals surface area contributed by atoms with Gasteiger partial charge < -0.3 is 31.4 Å². The van der Waals surface area contributed by atoms with E-state index in [1.165, 1.54) is 11.6 Å². The van der Waals surface area contributed by atoms with E-state index < -0.39 is 17.0 Å². The van der Waals surface area contributed by atoms with Crippen LogP contribution in [-0.4, -0.2) is 47.2 Å². The SMILES string of the molecule is Cc1cc(OCCCS(C)=O)cc(C)c1-c1cccc(COc2ccc(C(CN)CN/C(S)=C/C(N)O)cc2)c1. The van der Waals surface area contributed by atoms with Gasteiger partial charge >= 0.3 is 0 Å². The maximum atomic E-state index is 11.3. The minimum absolute atomic E-state index is 0.0707. The molecule has 0 aromatic heterocycles. The molecule has 0 fully saturated rings. The predicted octanol–water partition coefficient (Wildman–Crippen LogP) is 4.38. The van der Waals surface area contributed by atoms with Gasteiger partial charge in [0.25, 0.3) is 0 Å². The molecule has 216 valence electrons. The van der Waals surface area contributed by atoms with Crippen molar-refractivity contribution in [3.8, 4) is 22.6 Å². The maximum Gasteiger partial charge on any atom is 0.124 e. The molecule has 0 aliphatic heterocycles. The first kappa shape index (κ1) is 31.7. The Morgan fingerprint density at radius 2 is 1.77 bits per heavy atom. The van der Waals surface area contributed by atoms with Crippen LogP contribution in [-0.2, 0) is 17.4 Å². The van der Waals surface area contributed by atoms with E-state index in [9.17, 15) is 9.32 Å². The average Bonchev–Trinajstić information content (AvgIpc) is 2.90. The second-order valence-electron chi connectivity index (χ2n) is 9.83. The van der Waals surface area contributed by atoms with E-state index in [4.69, 9.17) is 20.9 Å². The molecule has 0 radical (unpaired) electrons. The number of ether oxygens (including phenoxy) is 2. The van der Waals surface area contributed by atoms with E-state index >= 15 is 0 Å². The highest BCUT2D eigenvalue weighted by Crippen LogP contribution is 2.32. The highest BCUT2D eigenvalue weighted by Gasteiger charge is 2.12. The zero-order valence-corrected chi connectivity index (χ0v) is 25.1. The Labute approximate surface area is 245 Å². The molecule has 3 aromatic rings. The zero-order chi connectivity index (χ0) is 29.1. The Morgan fingerprint density at radius 3 is 2.40 bits per heavy atom. The molecule has 3 rings (SSSR count). The van der Waals surface area contributed by atoms with Gasteiger partial charge in [-0.05, 0) is 90.1 Å². The molecular formula is C31H41N3O4S2.